The third-order valence-corrected chi connectivity index (χ3v) is 2.98. The molecular formula is C12H17N3O. The number of H-pyrrole nitrogens is 1. The van der Waals surface area contributed by atoms with Gasteiger partial charge in [-0.05, 0) is 50.1 Å². The number of benzene rings is 1. The van der Waals surface area contributed by atoms with Crippen molar-refractivity contribution in [3.8, 4) is 0 Å². The Labute approximate surface area is 94.1 Å². The summed E-state index contributed by atoms with van der Waals surface area (Å²) >= 11 is 0. The van der Waals surface area contributed by atoms with Crippen molar-refractivity contribution in [1.29, 1.82) is 0 Å². The maximum atomic E-state index is 11.7. The second kappa shape index (κ2) is 4.14. The van der Waals surface area contributed by atoms with Crippen molar-refractivity contribution in [3.63, 3.8) is 0 Å². The number of nitrogens with two attached hydrogens (primary N) is 1. The number of nitrogens with zero attached hydrogens (tertiary/aromatic N) is 1. The highest BCUT2D eigenvalue weighted by Gasteiger charge is 2.07. The molecule has 4 heteroatoms. The topological polar surface area (TPSA) is 63.8 Å². The van der Waals surface area contributed by atoms with E-state index in [1.54, 1.807) is 4.57 Å². The average Bonchev–Trinajstić information content (AvgIpc) is 2.52. The summed E-state index contributed by atoms with van der Waals surface area (Å²) in [7, 11) is 0. The fourth-order valence-corrected chi connectivity index (χ4v) is 1.89. The van der Waals surface area contributed by atoms with Crippen LogP contribution in [-0.2, 0) is 6.54 Å². The number of hydrogen-bond donors (Lipinski definition) is 2. The zero-order valence-electron chi connectivity index (χ0n) is 9.71. The highest BCUT2D eigenvalue weighted by atomic mass is 16.1. The fraction of sp³-hybridized carbons (Fsp3) is 0.417. The summed E-state index contributed by atoms with van der Waals surface area (Å²) in [5.74, 6) is 0. The first kappa shape index (κ1) is 11.0. The van der Waals surface area contributed by atoms with Crippen LogP contribution in [0.1, 0.15) is 17.5 Å². The highest BCUT2D eigenvalue weighted by Crippen LogP contribution is 2.16. The zero-order valence-corrected chi connectivity index (χ0v) is 9.71. The van der Waals surface area contributed by atoms with Crippen LogP contribution >= 0.6 is 0 Å². The minimum atomic E-state index is -0.0477. The molecule has 0 saturated carbocycles. The van der Waals surface area contributed by atoms with E-state index in [0.717, 1.165) is 17.5 Å². The van der Waals surface area contributed by atoms with E-state index >= 15 is 0 Å². The molecule has 0 atom stereocenters. The number of hydrogen-bond acceptors (Lipinski definition) is 2. The molecule has 3 N–H and O–H groups in total. The molecule has 1 heterocycles. The number of fused-ring (bicyclic) bond motifs is 1. The molecule has 86 valence electrons. The van der Waals surface area contributed by atoms with Gasteiger partial charge in [0.05, 0.1) is 11.0 Å². The van der Waals surface area contributed by atoms with E-state index in [-0.39, 0.29) is 5.69 Å². The van der Waals surface area contributed by atoms with Crippen LogP contribution < -0.4 is 11.4 Å². The summed E-state index contributed by atoms with van der Waals surface area (Å²) in [6, 6.07) is 4.07. The average molecular weight is 219 g/mol. The van der Waals surface area contributed by atoms with Gasteiger partial charge in [-0.25, -0.2) is 4.79 Å². The largest absolute Gasteiger partial charge is 0.330 e. The van der Waals surface area contributed by atoms with Crippen molar-refractivity contribution in [3.05, 3.63) is 33.7 Å². The SMILES string of the molecule is Cc1cc2[nH]c(=O)n(CCCN)c2cc1C. The van der Waals surface area contributed by atoms with Gasteiger partial charge in [-0.15, -0.1) is 0 Å². The number of aromatic amines is 1. The van der Waals surface area contributed by atoms with Gasteiger partial charge >= 0.3 is 5.69 Å². The molecule has 0 amide bonds. The Hall–Kier alpha value is -1.55. The number of imidazole rings is 1. The van der Waals surface area contributed by atoms with Gasteiger partial charge < -0.3 is 10.7 Å². The second-order valence-electron chi connectivity index (χ2n) is 4.18. The van der Waals surface area contributed by atoms with E-state index in [2.05, 4.69) is 18.0 Å². The lowest BCUT2D eigenvalue weighted by molar-refractivity contribution is 0.647. The predicted molar refractivity (Wildman–Crippen MR) is 65.7 cm³/mol. The Kier molecular flexibility index (Phi) is 2.83. The molecule has 0 bridgehead atoms. The van der Waals surface area contributed by atoms with Crippen molar-refractivity contribution < 1.29 is 0 Å². The molecule has 16 heavy (non-hydrogen) atoms. The lowest BCUT2D eigenvalue weighted by atomic mass is 10.1. The molecule has 0 aliphatic carbocycles. The minimum Gasteiger partial charge on any atom is -0.330 e. The molecule has 0 unspecified atom stereocenters. The first-order valence-corrected chi connectivity index (χ1v) is 5.53. The third-order valence-electron chi connectivity index (χ3n) is 2.98. The Morgan fingerprint density at radius 2 is 2.00 bits per heavy atom. The van der Waals surface area contributed by atoms with Gasteiger partial charge in [0.2, 0.25) is 0 Å². The summed E-state index contributed by atoms with van der Waals surface area (Å²) in [5.41, 5.74) is 9.70. The molecule has 4 nitrogen and oxygen atoms in total. The molecule has 0 radical (unpaired) electrons. The molecule has 0 saturated heterocycles. The number of nitrogens with one attached hydrogen (secondary N) is 1. The van der Waals surface area contributed by atoms with Gasteiger partial charge in [-0.1, -0.05) is 0 Å². The first-order valence-electron chi connectivity index (χ1n) is 5.53. The van der Waals surface area contributed by atoms with Crippen molar-refractivity contribution in [2.45, 2.75) is 26.8 Å². The Bertz CT molecular complexity index is 565. The second-order valence-corrected chi connectivity index (χ2v) is 4.18. The Balaban J connectivity index is 2.60. The lowest BCUT2D eigenvalue weighted by Crippen LogP contribution is -2.18. The number of rotatable bonds is 3. The summed E-state index contributed by atoms with van der Waals surface area (Å²) in [6.07, 6.45) is 0.819. The maximum absolute atomic E-state index is 11.7. The Morgan fingerprint density at radius 3 is 2.69 bits per heavy atom. The number of aryl methyl sites for hydroxylation is 3. The molecule has 1 aromatic carbocycles. The van der Waals surface area contributed by atoms with E-state index in [4.69, 9.17) is 5.73 Å². The molecule has 0 fully saturated rings. The van der Waals surface area contributed by atoms with Crippen LogP contribution in [0.5, 0.6) is 0 Å². The molecule has 0 aliphatic heterocycles. The summed E-state index contributed by atoms with van der Waals surface area (Å²) in [4.78, 5) is 14.6. The van der Waals surface area contributed by atoms with Crippen molar-refractivity contribution in [2.75, 3.05) is 6.54 Å². The summed E-state index contributed by atoms with van der Waals surface area (Å²) in [6.45, 7) is 5.38. The summed E-state index contributed by atoms with van der Waals surface area (Å²) in [5, 5.41) is 0. The number of aromatic nitrogens is 2. The smallest absolute Gasteiger partial charge is 0.326 e. The van der Waals surface area contributed by atoms with E-state index in [1.165, 1.54) is 11.1 Å². The molecule has 2 rings (SSSR count). The van der Waals surface area contributed by atoms with Crippen LogP contribution in [0, 0.1) is 13.8 Å². The van der Waals surface area contributed by atoms with E-state index in [0.29, 0.717) is 13.1 Å². The minimum absolute atomic E-state index is 0.0477. The summed E-state index contributed by atoms with van der Waals surface area (Å²) < 4.78 is 1.76. The maximum Gasteiger partial charge on any atom is 0.326 e. The Morgan fingerprint density at radius 1 is 1.31 bits per heavy atom. The van der Waals surface area contributed by atoms with Gasteiger partial charge in [0.25, 0.3) is 0 Å². The van der Waals surface area contributed by atoms with Gasteiger partial charge in [0, 0.05) is 6.54 Å². The van der Waals surface area contributed by atoms with E-state index < -0.39 is 0 Å². The molecule has 2 aromatic rings. The van der Waals surface area contributed by atoms with Crippen LogP contribution in [0.3, 0.4) is 0 Å². The quantitative estimate of drug-likeness (QED) is 0.817. The fourth-order valence-electron chi connectivity index (χ4n) is 1.89. The molecule has 0 spiro atoms. The lowest BCUT2D eigenvalue weighted by Gasteiger charge is -2.04. The predicted octanol–water partition coefficient (Wildman–Crippen LogP) is 1.30. The zero-order chi connectivity index (χ0) is 11.7. The molecular weight excluding hydrogens is 202 g/mol. The normalized spacial score (nSPS) is 11.2. The van der Waals surface area contributed by atoms with Crippen LogP contribution in [0.15, 0.2) is 16.9 Å². The van der Waals surface area contributed by atoms with Crippen molar-refractivity contribution in [1.82, 2.24) is 9.55 Å². The van der Waals surface area contributed by atoms with Crippen LogP contribution in [-0.4, -0.2) is 16.1 Å². The van der Waals surface area contributed by atoms with Crippen LogP contribution in [0.4, 0.5) is 0 Å². The van der Waals surface area contributed by atoms with Gasteiger partial charge in [0.1, 0.15) is 0 Å². The third kappa shape index (κ3) is 1.76. The van der Waals surface area contributed by atoms with Crippen LogP contribution in [0.2, 0.25) is 0 Å². The first-order chi connectivity index (χ1) is 7.63. The van der Waals surface area contributed by atoms with Gasteiger partial charge in [-0.2, -0.15) is 0 Å². The van der Waals surface area contributed by atoms with E-state index in [1.807, 2.05) is 13.0 Å². The molecule has 1 aromatic heterocycles. The molecule has 0 aliphatic rings. The van der Waals surface area contributed by atoms with E-state index in [9.17, 15) is 4.79 Å². The van der Waals surface area contributed by atoms with Gasteiger partial charge in [0.15, 0.2) is 0 Å². The van der Waals surface area contributed by atoms with Crippen LogP contribution in [0.25, 0.3) is 11.0 Å². The van der Waals surface area contributed by atoms with Crippen molar-refractivity contribution in [2.24, 2.45) is 5.73 Å². The standard InChI is InChI=1S/C12H17N3O/c1-8-6-10-11(7-9(8)2)15(5-3-4-13)12(16)14-10/h6-7H,3-5,13H2,1-2H3,(H,14,16). The van der Waals surface area contributed by atoms with Gasteiger partial charge in [-0.3, -0.25) is 4.57 Å². The highest BCUT2D eigenvalue weighted by molar-refractivity contribution is 5.77. The monoisotopic (exact) mass is 219 g/mol. The van der Waals surface area contributed by atoms with Crippen molar-refractivity contribution >= 4 is 11.0 Å².